The van der Waals surface area contributed by atoms with Gasteiger partial charge in [-0.1, -0.05) is 27.7 Å². The molecule has 0 heterocycles. The van der Waals surface area contributed by atoms with Crippen molar-refractivity contribution >= 4 is 28.3 Å². The Kier molecular flexibility index (Phi) is 9.66. The molecule has 1 amide bonds. The zero-order chi connectivity index (χ0) is 15.3. The fraction of sp³-hybridized carbons (Fsp3) is 0.917. The minimum Gasteiger partial charge on any atom is -0.344 e. The van der Waals surface area contributed by atoms with Crippen molar-refractivity contribution in [2.75, 3.05) is 39.0 Å². The lowest BCUT2D eigenvalue weighted by Crippen LogP contribution is -2.44. The van der Waals surface area contributed by atoms with Crippen molar-refractivity contribution in [1.82, 2.24) is 9.21 Å². The molecule has 0 rings (SSSR count). The quantitative estimate of drug-likeness (QED) is 0.703. The predicted molar refractivity (Wildman–Crippen MR) is 84.4 cm³/mol. The van der Waals surface area contributed by atoms with E-state index < -0.39 is 21.7 Å². The summed E-state index contributed by atoms with van der Waals surface area (Å²) in [7, 11) is -1.91. The number of hydrogen-bond donors (Lipinski definition) is 1. The fourth-order valence-corrected chi connectivity index (χ4v) is 3.27. The Morgan fingerprint density at radius 3 is 2.00 bits per heavy atom. The molecule has 0 saturated heterocycles. The Labute approximate surface area is 129 Å². The minimum atomic E-state index is -3.52. The van der Waals surface area contributed by atoms with Crippen molar-refractivity contribution in [2.24, 2.45) is 11.1 Å². The van der Waals surface area contributed by atoms with E-state index in [0.29, 0.717) is 26.2 Å². The summed E-state index contributed by atoms with van der Waals surface area (Å²) < 4.78 is 25.3. The van der Waals surface area contributed by atoms with Gasteiger partial charge < -0.3 is 10.6 Å². The van der Waals surface area contributed by atoms with Crippen LogP contribution in [0.1, 0.15) is 27.7 Å². The smallest absolute Gasteiger partial charge is 0.238 e. The summed E-state index contributed by atoms with van der Waals surface area (Å²) in [6, 6.07) is 0. The predicted octanol–water partition coefficient (Wildman–Crippen LogP) is 0.523. The molecule has 0 radical (unpaired) electrons. The average molecular weight is 330 g/mol. The summed E-state index contributed by atoms with van der Waals surface area (Å²) in [6.07, 6.45) is 0. The van der Waals surface area contributed by atoms with Crippen LogP contribution in [-0.4, -0.2) is 62.5 Å². The van der Waals surface area contributed by atoms with Gasteiger partial charge in [-0.2, -0.15) is 0 Å². The van der Waals surface area contributed by atoms with Crippen molar-refractivity contribution in [3.8, 4) is 0 Å². The van der Waals surface area contributed by atoms with Crippen LogP contribution in [0.15, 0.2) is 0 Å². The van der Waals surface area contributed by atoms with Gasteiger partial charge >= 0.3 is 0 Å². The normalized spacial score (nSPS) is 12.2. The molecule has 0 atom stereocenters. The molecule has 0 aromatic rings. The van der Waals surface area contributed by atoms with Crippen molar-refractivity contribution in [3.63, 3.8) is 0 Å². The molecule has 20 heavy (non-hydrogen) atoms. The number of sulfonamides is 1. The summed E-state index contributed by atoms with van der Waals surface area (Å²) in [5, 5.41) is 0. The molecule has 0 saturated carbocycles. The van der Waals surface area contributed by atoms with E-state index in [0.717, 1.165) is 0 Å². The lowest BCUT2D eigenvalue weighted by atomic mass is 9.93. The second-order valence-corrected chi connectivity index (χ2v) is 7.43. The largest absolute Gasteiger partial charge is 0.344 e. The van der Waals surface area contributed by atoms with E-state index in [4.69, 9.17) is 5.73 Å². The maximum atomic E-state index is 12.0. The van der Waals surface area contributed by atoms with Gasteiger partial charge in [0.2, 0.25) is 15.9 Å². The van der Waals surface area contributed by atoms with Crippen LogP contribution in [0.5, 0.6) is 0 Å². The first-order valence-corrected chi connectivity index (χ1v) is 8.12. The molecule has 0 aromatic heterocycles. The second kappa shape index (κ2) is 8.81. The summed E-state index contributed by atoms with van der Waals surface area (Å²) in [6.45, 7) is 9.03. The highest BCUT2D eigenvalue weighted by Crippen LogP contribution is 2.14. The SMILES string of the molecule is CCN(CC)S(=O)(=O)CC(=O)N(C)CC(C)(C)CN.Cl. The first-order valence-electron chi connectivity index (χ1n) is 6.51. The maximum Gasteiger partial charge on any atom is 0.238 e. The number of rotatable bonds is 8. The summed E-state index contributed by atoms with van der Waals surface area (Å²) in [4.78, 5) is 13.4. The van der Waals surface area contributed by atoms with Gasteiger partial charge in [-0.05, 0) is 12.0 Å². The van der Waals surface area contributed by atoms with Crippen LogP contribution in [-0.2, 0) is 14.8 Å². The molecule has 0 aliphatic rings. The highest BCUT2D eigenvalue weighted by molar-refractivity contribution is 7.89. The number of nitrogens with two attached hydrogens (primary N) is 1. The number of nitrogens with zero attached hydrogens (tertiary/aromatic N) is 2. The molecule has 0 unspecified atom stereocenters. The van der Waals surface area contributed by atoms with Crippen LogP contribution in [0.2, 0.25) is 0 Å². The Balaban J connectivity index is 0. The lowest BCUT2D eigenvalue weighted by Gasteiger charge is -2.29. The first-order chi connectivity index (χ1) is 8.59. The number of hydrogen-bond acceptors (Lipinski definition) is 4. The van der Waals surface area contributed by atoms with Crippen LogP contribution >= 0.6 is 12.4 Å². The molecule has 0 aliphatic carbocycles. The Bertz CT molecular complexity index is 395. The highest BCUT2D eigenvalue weighted by atomic mass is 35.5. The van der Waals surface area contributed by atoms with E-state index in [-0.39, 0.29) is 17.8 Å². The zero-order valence-electron chi connectivity index (χ0n) is 13.0. The number of amides is 1. The average Bonchev–Trinajstić information content (AvgIpc) is 2.28. The fourth-order valence-electron chi connectivity index (χ4n) is 1.77. The van der Waals surface area contributed by atoms with Gasteiger partial charge in [0.05, 0.1) is 0 Å². The van der Waals surface area contributed by atoms with Gasteiger partial charge in [0.25, 0.3) is 0 Å². The molecule has 122 valence electrons. The minimum absolute atomic E-state index is 0. The third-order valence-corrected chi connectivity index (χ3v) is 4.96. The third kappa shape index (κ3) is 6.88. The van der Waals surface area contributed by atoms with Crippen LogP contribution in [0.3, 0.4) is 0 Å². The third-order valence-electron chi connectivity index (χ3n) is 3.05. The monoisotopic (exact) mass is 329 g/mol. The van der Waals surface area contributed by atoms with Crippen molar-refractivity contribution in [1.29, 1.82) is 0 Å². The Hall–Kier alpha value is -0.370. The number of carbonyl (C=O) groups excluding carboxylic acids is 1. The van der Waals surface area contributed by atoms with E-state index in [1.54, 1.807) is 20.9 Å². The van der Waals surface area contributed by atoms with Crippen molar-refractivity contribution < 1.29 is 13.2 Å². The van der Waals surface area contributed by atoms with Crippen LogP contribution in [0, 0.1) is 5.41 Å². The summed E-state index contributed by atoms with van der Waals surface area (Å²) >= 11 is 0. The van der Waals surface area contributed by atoms with Gasteiger partial charge in [-0.25, -0.2) is 12.7 Å². The summed E-state index contributed by atoms with van der Waals surface area (Å²) in [5.74, 6) is -0.875. The second-order valence-electron chi connectivity index (χ2n) is 5.46. The molecule has 0 aliphatic heterocycles. The number of carbonyl (C=O) groups is 1. The van der Waals surface area contributed by atoms with Crippen molar-refractivity contribution in [2.45, 2.75) is 27.7 Å². The van der Waals surface area contributed by atoms with Crippen molar-refractivity contribution in [3.05, 3.63) is 0 Å². The van der Waals surface area contributed by atoms with Crippen LogP contribution in [0.4, 0.5) is 0 Å². The Morgan fingerprint density at radius 2 is 1.65 bits per heavy atom. The van der Waals surface area contributed by atoms with E-state index in [2.05, 4.69) is 0 Å². The van der Waals surface area contributed by atoms with E-state index >= 15 is 0 Å². The molecular formula is C12H28ClN3O3S. The molecule has 0 fully saturated rings. The van der Waals surface area contributed by atoms with Gasteiger partial charge in [0, 0.05) is 26.7 Å². The molecule has 0 aromatic carbocycles. The molecule has 0 spiro atoms. The van der Waals surface area contributed by atoms with E-state index in [9.17, 15) is 13.2 Å². The topological polar surface area (TPSA) is 83.7 Å². The molecule has 6 nitrogen and oxygen atoms in total. The molecule has 2 N–H and O–H groups in total. The highest BCUT2D eigenvalue weighted by Gasteiger charge is 2.27. The number of halogens is 1. The summed E-state index contributed by atoms with van der Waals surface area (Å²) in [5.41, 5.74) is 5.39. The molecular weight excluding hydrogens is 302 g/mol. The van der Waals surface area contributed by atoms with Gasteiger partial charge in [-0.15, -0.1) is 12.4 Å². The van der Waals surface area contributed by atoms with Crippen LogP contribution < -0.4 is 5.73 Å². The molecule has 0 bridgehead atoms. The van der Waals surface area contributed by atoms with Gasteiger partial charge in [0.1, 0.15) is 5.75 Å². The standard InChI is InChI=1S/C12H27N3O3S.ClH/c1-6-15(7-2)19(17,18)8-11(16)14(5)10-12(3,4)9-13;/h6-10,13H2,1-5H3;1H. The van der Waals surface area contributed by atoms with E-state index in [1.807, 2.05) is 13.8 Å². The maximum absolute atomic E-state index is 12.0. The first kappa shape index (κ1) is 21.9. The van der Waals surface area contributed by atoms with Gasteiger partial charge in [-0.3, -0.25) is 4.79 Å². The lowest BCUT2D eigenvalue weighted by molar-refractivity contribution is -0.128. The van der Waals surface area contributed by atoms with Gasteiger partial charge in [0.15, 0.2) is 0 Å². The zero-order valence-corrected chi connectivity index (χ0v) is 14.7. The van der Waals surface area contributed by atoms with Crippen LogP contribution in [0.25, 0.3) is 0 Å². The molecule has 8 heteroatoms. The Morgan fingerprint density at radius 1 is 1.20 bits per heavy atom. The van der Waals surface area contributed by atoms with E-state index in [1.165, 1.54) is 9.21 Å².